The van der Waals surface area contributed by atoms with Crippen molar-refractivity contribution in [2.75, 3.05) is 0 Å². The molecular weight excluding hydrogens is 503 g/mol. The molecule has 1 aromatic rings. The van der Waals surface area contributed by atoms with Crippen molar-refractivity contribution in [1.82, 2.24) is 0 Å². The molecule has 0 atom stereocenters. The minimum Gasteiger partial charge on any atom is -0.207 e. The van der Waals surface area contributed by atoms with Crippen molar-refractivity contribution in [2.24, 2.45) is 5.41 Å². The van der Waals surface area contributed by atoms with Gasteiger partial charge in [-0.15, -0.1) is 0 Å². The molecule has 0 heterocycles. The van der Waals surface area contributed by atoms with E-state index in [-0.39, 0.29) is 12.1 Å². The topological polar surface area (TPSA) is 34.1 Å². The van der Waals surface area contributed by atoms with Crippen LogP contribution in [-0.4, -0.2) is 38.8 Å². The molecule has 2 nitrogen and oxygen atoms in total. The van der Waals surface area contributed by atoms with Crippen LogP contribution in [0.4, 0.5) is 57.1 Å². The summed E-state index contributed by atoms with van der Waals surface area (Å²) in [6, 6.07) is 0.995. The first-order valence-electron chi connectivity index (χ1n) is 6.93. The van der Waals surface area contributed by atoms with Crippen LogP contribution in [0.25, 0.3) is 0 Å². The predicted octanol–water partition coefficient (Wildman–Crippen LogP) is 6.10. The van der Waals surface area contributed by atoms with Crippen molar-refractivity contribution < 1.29 is 65.5 Å². The molecule has 30 heavy (non-hydrogen) atoms. The Bertz CT molecular complexity index is 870. The molecule has 0 saturated heterocycles. The van der Waals surface area contributed by atoms with Gasteiger partial charge in [-0.25, -0.2) is 8.42 Å². The third-order valence-electron chi connectivity index (χ3n) is 3.90. The Morgan fingerprint density at radius 3 is 1.47 bits per heavy atom. The quantitative estimate of drug-likeness (QED) is 0.356. The van der Waals surface area contributed by atoms with Crippen LogP contribution in [0.3, 0.4) is 0 Å². The Hall–Kier alpha value is -1.45. The molecule has 0 amide bonds. The van der Waals surface area contributed by atoms with Gasteiger partial charge in [-0.05, 0) is 17.7 Å². The van der Waals surface area contributed by atoms with Crippen LogP contribution >= 0.6 is 10.7 Å². The van der Waals surface area contributed by atoms with Crippen molar-refractivity contribution in [3.63, 3.8) is 0 Å². The summed E-state index contributed by atoms with van der Waals surface area (Å²) in [4.78, 5) is -1.22. The first-order valence-corrected chi connectivity index (χ1v) is 9.24. The molecule has 0 aliphatic carbocycles. The lowest BCUT2D eigenvalue weighted by atomic mass is 9.71. The first-order chi connectivity index (χ1) is 12.9. The summed E-state index contributed by atoms with van der Waals surface area (Å²) < 4.78 is 193. The van der Waals surface area contributed by atoms with E-state index in [9.17, 15) is 65.5 Å². The molecule has 0 unspecified atom stereocenters. The number of alkyl halides is 13. The van der Waals surface area contributed by atoms with E-state index in [4.69, 9.17) is 10.7 Å². The van der Waals surface area contributed by atoms with Crippen LogP contribution in [0.1, 0.15) is 5.56 Å². The molecule has 1 rings (SSSR count). The Morgan fingerprint density at radius 1 is 0.700 bits per heavy atom. The van der Waals surface area contributed by atoms with Gasteiger partial charge in [0.15, 0.2) is 0 Å². The number of halogens is 14. The second kappa shape index (κ2) is 7.31. The molecule has 0 radical (unpaired) electrons. The molecule has 0 fully saturated rings. The third kappa shape index (κ3) is 4.16. The molecule has 174 valence electrons. The summed E-state index contributed by atoms with van der Waals surface area (Å²) in [5.41, 5.74) is -8.57. The Morgan fingerprint density at radius 2 is 1.13 bits per heavy atom. The second-order valence-electron chi connectivity index (χ2n) is 5.81. The zero-order valence-corrected chi connectivity index (χ0v) is 15.1. The van der Waals surface area contributed by atoms with E-state index in [0.717, 1.165) is 0 Å². The average molecular weight is 509 g/mol. The highest BCUT2D eigenvalue weighted by Crippen LogP contribution is 2.66. The zero-order chi connectivity index (χ0) is 24.2. The van der Waals surface area contributed by atoms with Crippen molar-refractivity contribution in [1.29, 1.82) is 0 Å². The van der Waals surface area contributed by atoms with E-state index in [1.165, 1.54) is 0 Å². The van der Waals surface area contributed by atoms with Crippen molar-refractivity contribution in [3.05, 3.63) is 29.8 Å². The highest BCUT2D eigenvalue weighted by molar-refractivity contribution is 8.13. The van der Waals surface area contributed by atoms with Crippen LogP contribution in [-0.2, 0) is 15.5 Å². The van der Waals surface area contributed by atoms with Gasteiger partial charge in [-0.2, -0.15) is 57.1 Å². The third-order valence-corrected chi connectivity index (χ3v) is 5.26. The Labute approximate surface area is 163 Å². The lowest BCUT2D eigenvalue weighted by Gasteiger charge is -2.45. The summed E-state index contributed by atoms with van der Waals surface area (Å²) >= 11 is 0. The number of rotatable bonds is 5. The summed E-state index contributed by atoms with van der Waals surface area (Å²) in [7, 11) is -0.0301. The highest BCUT2D eigenvalue weighted by Gasteiger charge is 2.91. The van der Waals surface area contributed by atoms with Gasteiger partial charge in [0.2, 0.25) is 5.41 Å². The van der Waals surface area contributed by atoms with Crippen LogP contribution < -0.4 is 0 Å². The van der Waals surface area contributed by atoms with Crippen LogP contribution in [0.5, 0.6) is 0 Å². The summed E-state index contributed by atoms with van der Waals surface area (Å²) in [6.07, 6.45) is -25.5. The lowest BCUT2D eigenvalue weighted by molar-refractivity contribution is -0.460. The molecule has 0 aliphatic rings. The monoisotopic (exact) mass is 508 g/mol. The van der Waals surface area contributed by atoms with Gasteiger partial charge in [0.25, 0.3) is 9.05 Å². The van der Waals surface area contributed by atoms with Gasteiger partial charge >= 0.3 is 30.4 Å². The SMILES string of the molecule is O=S(=O)(Cl)c1cccc(CC(C(F)(F)F)(C(F)(F)F)C(F)(F)C(F)(F)C(F)(F)F)c1. The highest BCUT2D eigenvalue weighted by atomic mass is 35.7. The number of benzene rings is 1. The maximum atomic E-state index is 14.0. The van der Waals surface area contributed by atoms with Crippen molar-refractivity contribution in [3.8, 4) is 0 Å². The van der Waals surface area contributed by atoms with E-state index in [1.54, 1.807) is 0 Å². The van der Waals surface area contributed by atoms with Gasteiger partial charge in [0.05, 0.1) is 4.90 Å². The summed E-state index contributed by atoms with van der Waals surface area (Å²) in [5.74, 6) is -15.6. The maximum Gasteiger partial charge on any atom is 0.459 e. The fourth-order valence-electron chi connectivity index (χ4n) is 2.39. The Balaban J connectivity index is 3.96. The van der Waals surface area contributed by atoms with Gasteiger partial charge in [0.1, 0.15) is 0 Å². The Kier molecular flexibility index (Phi) is 6.48. The van der Waals surface area contributed by atoms with E-state index in [1.807, 2.05) is 0 Å². The second-order valence-corrected chi connectivity index (χ2v) is 8.38. The average Bonchev–Trinajstić information content (AvgIpc) is 2.48. The number of hydrogen-bond acceptors (Lipinski definition) is 2. The summed E-state index contributed by atoms with van der Waals surface area (Å²) in [5, 5.41) is 0. The van der Waals surface area contributed by atoms with Gasteiger partial charge in [-0.1, -0.05) is 12.1 Å². The number of hydrogen-bond donors (Lipinski definition) is 0. The zero-order valence-electron chi connectivity index (χ0n) is 13.5. The van der Waals surface area contributed by atoms with Gasteiger partial charge in [0, 0.05) is 17.1 Å². The first kappa shape index (κ1) is 26.6. The van der Waals surface area contributed by atoms with Crippen molar-refractivity contribution in [2.45, 2.75) is 41.7 Å². The molecule has 0 saturated carbocycles. The largest absolute Gasteiger partial charge is 0.459 e. The smallest absolute Gasteiger partial charge is 0.207 e. The van der Waals surface area contributed by atoms with E-state index >= 15 is 0 Å². The lowest BCUT2D eigenvalue weighted by Crippen LogP contribution is -2.71. The fourth-order valence-corrected chi connectivity index (χ4v) is 3.21. The molecular formula is C13H6ClF13O2S. The molecule has 0 spiro atoms. The standard InChI is InChI=1S/C13H6ClF13O2S/c14-30(28,29)7-3-1-2-6(4-7)5-8(11(19,20)21,12(22,23)24)9(15,16)10(17,18)13(25,26)27/h1-4H,5H2. The molecule has 0 N–H and O–H groups in total. The normalized spacial score (nSPS) is 15.4. The minimum absolute atomic E-state index is 0.101. The van der Waals surface area contributed by atoms with Gasteiger partial charge < -0.3 is 0 Å². The van der Waals surface area contributed by atoms with E-state index < -0.39 is 61.7 Å². The molecule has 0 aliphatic heterocycles. The molecule has 0 aromatic heterocycles. The van der Waals surface area contributed by atoms with Crippen LogP contribution in [0.2, 0.25) is 0 Å². The molecule has 1 aromatic carbocycles. The maximum absolute atomic E-state index is 14.0. The molecule has 17 heteroatoms. The van der Waals surface area contributed by atoms with Crippen LogP contribution in [0, 0.1) is 5.41 Å². The fraction of sp³-hybridized carbons (Fsp3) is 0.538. The minimum atomic E-state index is -7.80. The summed E-state index contributed by atoms with van der Waals surface area (Å²) in [6.45, 7) is 0. The van der Waals surface area contributed by atoms with Gasteiger partial charge in [-0.3, -0.25) is 0 Å². The predicted molar refractivity (Wildman–Crippen MR) is 73.7 cm³/mol. The molecule has 0 bridgehead atoms. The van der Waals surface area contributed by atoms with Crippen LogP contribution in [0.15, 0.2) is 29.2 Å². The van der Waals surface area contributed by atoms with E-state index in [2.05, 4.69) is 0 Å². The van der Waals surface area contributed by atoms with E-state index in [0.29, 0.717) is 12.1 Å². The van der Waals surface area contributed by atoms with Crippen molar-refractivity contribution >= 4 is 19.7 Å².